The highest BCUT2D eigenvalue weighted by molar-refractivity contribution is 7.91. The van der Waals surface area contributed by atoms with Crippen LogP contribution in [0.4, 0.5) is 13.2 Å². The minimum atomic E-state index is -4.76. The smallest absolute Gasteiger partial charge is 0.341 e. The SMILES string of the molecule is CN(Cc1ccc(F)cc1)C(=O)COC(=O)c1ccc(S(=O)(=O)C(F)F)cc1. The van der Waals surface area contributed by atoms with Crippen molar-refractivity contribution in [2.45, 2.75) is 17.2 Å². The van der Waals surface area contributed by atoms with Gasteiger partial charge in [-0.3, -0.25) is 4.79 Å². The predicted molar refractivity (Wildman–Crippen MR) is 92.8 cm³/mol. The molecule has 1 amide bonds. The topological polar surface area (TPSA) is 80.8 Å². The zero-order valence-corrected chi connectivity index (χ0v) is 15.5. The largest absolute Gasteiger partial charge is 0.452 e. The van der Waals surface area contributed by atoms with Gasteiger partial charge >= 0.3 is 11.7 Å². The number of benzene rings is 2. The maximum Gasteiger partial charge on any atom is 0.341 e. The van der Waals surface area contributed by atoms with E-state index >= 15 is 0 Å². The van der Waals surface area contributed by atoms with Crippen LogP contribution in [0, 0.1) is 5.82 Å². The van der Waals surface area contributed by atoms with Crippen LogP contribution in [0.1, 0.15) is 15.9 Å². The summed E-state index contributed by atoms with van der Waals surface area (Å²) in [6.45, 7) is -0.398. The zero-order valence-electron chi connectivity index (χ0n) is 14.6. The summed E-state index contributed by atoms with van der Waals surface area (Å²) in [6, 6.07) is 9.30. The molecule has 2 aromatic rings. The molecule has 0 spiro atoms. The molecule has 0 aliphatic rings. The molecule has 2 aromatic carbocycles. The fourth-order valence-corrected chi connectivity index (χ4v) is 2.88. The number of nitrogens with zero attached hydrogens (tertiary/aromatic N) is 1. The molecule has 0 bridgehead atoms. The number of rotatable bonds is 7. The van der Waals surface area contributed by atoms with E-state index in [2.05, 4.69) is 0 Å². The number of likely N-dealkylation sites (N-methyl/N-ethyl adjacent to an activating group) is 1. The fourth-order valence-electron chi connectivity index (χ4n) is 2.16. The number of hydrogen-bond acceptors (Lipinski definition) is 5. The van der Waals surface area contributed by atoms with Crippen molar-refractivity contribution in [3.8, 4) is 0 Å². The van der Waals surface area contributed by atoms with Crippen molar-refractivity contribution in [2.75, 3.05) is 13.7 Å². The summed E-state index contributed by atoms with van der Waals surface area (Å²) in [7, 11) is -3.28. The van der Waals surface area contributed by atoms with E-state index in [0.29, 0.717) is 5.56 Å². The first-order chi connectivity index (χ1) is 13.1. The quantitative estimate of drug-likeness (QED) is 0.650. The Kier molecular flexibility index (Phi) is 6.79. The highest BCUT2D eigenvalue weighted by Crippen LogP contribution is 2.19. The van der Waals surface area contributed by atoms with Gasteiger partial charge in [0, 0.05) is 13.6 Å². The van der Waals surface area contributed by atoms with E-state index in [-0.39, 0.29) is 12.1 Å². The Morgan fingerprint density at radius 3 is 2.14 bits per heavy atom. The molecule has 28 heavy (non-hydrogen) atoms. The number of esters is 1. The summed E-state index contributed by atoms with van der Waals surface area (Å²) < 4.78 is 65.4. The van der Waals surface area contributed by atoms with Crippen molar-refractivity contribution in [3.05, 3.63) is 65.5 Å². The van der Waals surface area contributed by atoms with E-state index in [4.69, 9.17) is 4.74 Å². The molecule has 0 aliphatic heterocycles. The molecule has 0 heterocycles. The molecular formula is C18H16F3NO5S. The molecule has 0 saturated carbocycles. The highest BCUT2D eigenvalue weighted by atomic mass is 32.2. The molecular weight excluding hydrogens is 399 g/mol. The van der Waals surface area contributed by atoms with Gasteiger partial charge in [-0.2, -0.15) is 8.78 Å². The first kappa shape index (κ1) is 21.4. The fraction of sp³-hybridized carbons (Fsp3) is 0.222. The molecule has 0 atom stereocenters. The molecule has 0 fully saturated rings. The molecule has 150 valence electrons. The van der Waals surface area contributed by atoms with Crippen LogP contribution < -0.4 is 0 Å². The minimum absolute atomic E-state index is 0.0952. The van der Waals surface area contributed by atoms with Gasteiger partial charge in [-0.1, -0.05) is 12.1 Å². The normalized spacial score (nSPS) is 11.3. The molecule has 0 saturated heterocycles. The van der Waals surface area contributed by atoms with Crippen LogP contribution >= 0.6 is 0 Å². The van der Waals surface area contributed by atoms with Gasteiger partial charge in [-0.25, -0.2) is 17.6 Å². The molecule has 2 rings (SSSR count). The van der Waals surface area contributed by atoms with Crippen LogP contribution in [0.25, 0.3) is 0 Å². The number of sulfone groups is 1. The lowest BCUT2D eigenvalue weighted by Gasteiger charge is -2.17. The summed E-state index contributed by atoms with van der Waals surface area (Å²) in [5.74, 6) is -5.40. The van der Waals surface area contributed by atoms with Gasteiger partial charge in [0.2, 0.25) is 9.84 Å². The van der Waals surface area contributed by atoms with Crippen LogP contribution in [0.3, 0.4) is 0 Å². The van der Waals surface area contributed by atoms with E-state index in [1.54, 1.807) is 0 Å². The second-order valence-corrected chi connectivity index (χ2v) is 7.70. The lowest BCUT2D eigenvalue weighted by molar-refractivity contribution is -0.133. The van der Waals surface area contributed by atoms with E-state index in [0.717, 1.165) is 24.3 Å². The van der Waals surface area contributed by atoms with Gasteiger partial charge in [0.05, 0.1) is 10.5 Å². The number of carbonyl (C=O) groups is 2. The molecule has 0 radical (unpaired) electrons. The maximum atomic E-state index is 12.9. The molecule has 0 N–H and O–H groups in total. The average Bonchev–Trinajstić information content (AvgIpc) is 2.67. The minimum Gasteiger partial charge on any atom is -0.452 e. The van der Waals surface area contributed by atoms with Crippen LogP contribution in [0.5, 0.6) is 0 Å². The molecule has 10 heteroatoms. The van der Waals surface area contributed by atoms with Gasteiger partial charge in [-0.15, -0.1) is 0 Å². The maximum absolute atomic E-state index is 12.9. The van der Waals surface area contributed by atoms with Gasteiger partial charge in [0.1, 0.15) is 5.82 Å². The van der Waals surface area contributed by atoms with Crippen molar-refractivity contribution >= 4 is 21.7 Å². The van der Waals surface area contributed by atoms with Gasteiger partial charge < -0.3 is 9.64 Å². The number of alkyl halides is 2. The standard InChI is InChI=1S/C18H16F3NO5S/c1-22(10-12-2-6-14(19)7-3-12)16(23)11-27-17(24)13-4-8-15(9-5-13)28(25,26)18(20)21/h2-9,18H,10-11H2,1H3. The van der Waals surface area contributed by atoms with Crippen LogP contribution in [-0.2, 0) is 25.9 Å². The van der Waals surface area contributed by atoms with Crippen molar-refractivity contribution in [3.63, 3.8) is 0 Å². The van der Waals surface area contributed by atoms with Crippen LogP contribution in [0.2, 0.25) is 0 Å². The van der Waals surface area contributed by atoms with E-state index in [9.17, 15) is 31.2 Å². The van der Waals surface area contributed by atoms with E-state index in [1.165, 1.54) is 36.2 Å². The second-order valence-electron chi connectivity index (χ2n) is 5.78. The summed E-state index contributed by atoms with van der Waals surface area (Å²) in [6.07, 6.45) is 0. The summed E-state index contributed by atoms with van der Waals surface area (Å²) in [5.41, 5.74) is 0.585. The lowest BCUT2D eigenvalue weighted by atomic mass is 10.2. The Morgan fingerprint density at radius 2 is 1.61 bits per heavy atom. The Hall–Kier alpha value is -2.88. The summed E-state index contributed by atoms with van der Waals surface area (Å²) in [4.78, 5) is 24.6. The molecule has 0 aliphatic carbocycles. The lowest BCUT2D eigenvalue weighted by Crippen LogP contribution is -2.30. The van der Waals surface area contributed by atoms with Crippen molar-refractivity contribution in [2.24, 2.45) is 0 Å². The summed E-state index contributed by atoms with van der Waals surface area (Å²) >= 11 is 0. The van der Waals surface area contributed by atoms with Gasteiger partial charge in [0.25, 0.3) is 5.91 Å². The Labute approximate surface area is 159 Å². The van der Waals surface area contributed by atoms with E-state index < -0.39 is 44.8 Å². The monoisotopic (exact) mass is 415 g/mol. The third-order valence-electron chi connectivity index (χ3n) is 3.74. The van der Waals surface area contributed by atoms with Gasteiger partial charge in [0.15, 0.2) is 6.61 Å². The van der Waals surface area contributed by atoms with E-state index in [1.807, 2.05) is 0 Å². The van der Waals surface area contributed by atoms with Crippen molar-refractivity contribution in [1.29, 1.82) is 0 Å². The number of hydrogen-bond donors (Lipinski definition) is 0. The summed E-state index contributed by atoms with van der Waals surface area (Å²) in [5, 5.41) is 0. The highest BCUT2D eigenvalue weighted by Gasteiger charge is 2.26. The van der Waals surface area contributed by atoms with Crippen molar-refractivity contribution < 1.29 is 35.9 Å². The number of halogens is 3. The second kappa shape index (κ2) is 8.87. The Balaban J connectivity index is 1.92. The molecule has 6 nitrogen and oxygen atoms in total. The van der Waals surface area contributed by atoms with Crippen LogP contribution in [-0.4, -0.2) is 44.6 Å². The Bertz CT molecular complexity index is 944. The van der Waals surface area contributed by atoms with Gasteiger partial charge in [-0.05, 0) is 42.0 Å². The predicted octanol–water partition coefficient (Wildman–Crippen LogP) is 2.64. The number of carbonyl (C=O) groups excluding carboxylic acids is 2. The molecule has 0 aromatic heterocycles. The molecule has 0 unspecified atom stereocenters. The number of amides is 1. The first-order valence-electron chi connectivity index (χ1n) is 7.89. The third-order valence-corrected chi connectivity index (χ3v) is 5.14. The number of ether oxygens (including phenoxy) is 1. The average molecular weight is 415 g/mol. The zero-order chi connectivity index (χ0) is 20.9. The Morgan fingerprint density at radius 1 is 1.04 bits per heavy atom. The third kappa shape index (κ3) is 5.32. The first-order valence-corrected chi connectivity index (χ1v) is 9.43. The van der Waals surface area contributed by atoms with Crippen LogP contribution in [0.15, 0.2) is 53.4 Å². The van der Waals surface area contributed by atoms with Crippen molar-refractivity contribution in [1.82, 2.24) is 4.90 Å².